The number of Topliss-reactive ketones (excluding diaryl/α,β-unsaturated/α-hetero) is 1. The van der Waals surface area contributed by atoms with Crippen LogP contribution < -0.4 is 0 Å². The summed E-state index contributed by atoms with van der Waals surface area (Å²) in [6.45, 7) is 1.94. The summed E-state index contributed by atoms with van der Waals surface area (Å²) < 4.78 is 4.77. The number of hydrogen-bond donors (Lipinski definition) is 0. The van der Waals surface area contributed by atoms with E-state index in [0.717, 1.165) is 0 Å². The van der Waals surface area contributed by atoms with Crippen molar-refractivity contribution >= 4 is 17.5 Å². The van der Waals surface area contributed by atoms with Crippen LogP contribution in [0.15, 0.2) is 35.9 Å². The Morgan fingerprint density at radius 1 is 1.17 bits per heavy atom. The fraction of sp³-hybridized carbons (Fsp3) is 0.214. The number of benzene rings is 1. The summed E-state index contributed by atoms with van der Waals surface area (Å²) >= 11 is 0. The molecule has 0 unspecified atom stereocenters. The Morgan fingerprint density at radius 2 is 1.83 bits per heavy atom. The Labute approximate surface area is 104 Å². The zero-order valence-corrected chi connectivity index (χ0v) is 9.93. The van der Waals surface area contributed by atoms with E-state index < -0.39 is 5.97 Å². The third-order valence-electron chi connectivity index (χ3n) is 2.67. The maximum absolute atomic E-state index is 12.1. The van der Waals surface area contributed by atoms with Crippen molar-refractivity contribution < 1.29 is 19.1 Å². The summed E-state index contributed by atoms with van der Waals surface area (Å²) in [7, 11) is 0. The van der Waals surface area contributed by atoms with Crippen molar-refractivity contribution in [3.63, 3.8) is 0 Å². The Balaban J connectivity index is 2.28. The molecule has 0 spiro atoms. The van der Waals surface area contributed by atoms with Gasteiger partial charge in [-0.15, -0.1) is 0 Å². The van der Waals surface area contributed by atoms with Gasteiger partial charge in [0.05, 0.1) is 13.0 Å². The van der Waals surface area contributed by atoms with Crippen LogP contribution in [0.25, 0.3) is 0 Å². The van der Waals surface area contributed by atoms with E-state index in [-0.39, 0.29) is 30.2 Å². The lowest BCUT2D eigenvalue weighted by molar-refractivity contribution is -0.142. The molecule has 0 fully saturated rings. The van der Waals surface area contributed by atoms with Crippen LogP contribution in [0.5, 0.6) is 0 Å². The van der Waals surface area contributed by atoms with E-state index in [4.69, 9.17) is 4.74 Å². The van der Waals surface area contributed by atoms with Gasteiger partial charge in [-0.05, 0) is 13.0 Å². The molecule has 1 aromatic carbocycles. The van der Waals surface area contributed by atoms with Crippen molar-refractivity contribution in [3.05, 3.63) is 47.0 Å². The monoisotopic (exact) mass is 244 g/mol. The number of allylic oxidation sites excluding steroid dienone is 1. The first kappa shape index (κ1) is 12.2. The van der Waals surface area contributed by atoms with Gasteiger partial charge in [0.1, 0.15) is 0 Å². The van der Waals surface area contributed by atoms with Crippen LogP contribution in [-0.4, -0.2) is 24.1 Å². The van der Waals surface area contributed by atoms with Gasteiger partial charge in [0.15, 0.2) is 11.6 Å². The summed E-state index contributed by atoms with van der Waals surface area (Å²) in [6, 6.07) is 6.59. The topological polar surface area (TPSA) is 60.4 Å². The second kappa shape index (κ2) is 4.96. The van der Waals surface area contributed by atoms with Crippen LogP contribution in [0.1, 0.15) is 34.1 Å². The SMILES string of the molecule is CCOC(=O)CC1=CC(=O)c2ccccc2C1=O. The Kier molecular flexibility index (Phi) is 3.37. The van der Waals surface area contributed by atoms with E-state index in [0.29, 0.717) is 11.1 Å². The molecular formula is C14H12O4. The number of rotatable bonds is 3. The van der Waals surface area contributed by atoms with Gasteiger partial charge in [-0.1, -0.05) is 24.3 Å². The first-order valence-corrected chi connectivity index (χ1v) is 5.67. The molecule has 18 heavy (non-hydrogen) atoms. The number of ether oxygens (including phenoxy) is 1. The van der Waals surface area contributed by atoms with Crippen molar-refractivity contribution in [3.8, 4) is 0 Å². The molecule has 1 aliphatic rings. The van der Waals surface area contributed by atoms with Gasteiger partial charge < -0.3 is 4.74 Å². The van der Waals surface area contributed by atoms with E-state index in [1.54, 1.807) is 31.2 Å². The fourth-order valence-corrected chi connectivity index (χ4v) is 1.87. The average molecular weight is 244 g/mol. The molecule has 4 heteroatoms. The molecule has 0 aromatic heterocycles. The standard InChI is InChI=1S/C14H12O4/c1-2-18-13(16)8-9-7-12(15)10-5-3-4-6-11(10)14(9)17/h3-7H,2,8H2,1H3. The molecule has 1 aliphatic carbocycles. The van der Waals surface area contributed by atoms with E-state index >= 15 is 0 Å². The van der Waals surface area contributed by atoms with Crippen molar-refractivity contribution in [1.82, 2.24) is 0 Å². The van der Waals surface area contributed by atoms with Gasteiger partial charge in [0.25, 0.3) is 0 Å². The van der Waals surface area contributed by atoms with Gasteiger partial charge in [-0.3, -0.25) is 14.4 Å². The van der Waals surface area contributed by atoms with E-state index in [1.165, 1.54) is 6.08 Å². The highest BCUT2D eigenvalue weighted by molar-refractivity contribution is 6.25. The third-order valence-corrected chi connectivity index (χ3v) is 2.67. The smallest absolute Gasteiger partial charge is 0.310 e. The van der Waals surface area contributed by atoms with Crippen LogP contribution >= 0.6 is 0 Å². The van der Waals surface area contributed by atoms with Crippen LogP contribution in [0.3, 0.4) is 0 Å². The maximum Gasteiger partial charge on any atom is 0.310 e. The molecule has 1 aromatic rings. The molecule has 0 heterocycles. The number of carbonyl (C=O) groups is 3. The summed E-state index contributed by atoms with van der Waals surface area (Å²) in [5.41, 5.74) is 0.927. The molecule has 0 N–H and O–H groups in total. The third kappa shape index (κ3) is 2.22. The average Bonchev–Trinajstić information content (AvgIpc) is 2.36. The van der Waals surface area contributed by atoms with Crippen molar-refractivity contribution in [2.24, 2.45) is 0 Å². The maximum atomic E-state index is 12.1. The van der Waals surface area contributed by atoms with E-state index in [2.05, 4.69) is 0 Å². The molecule has 92 valence electrons. The molecule has 0 atom stereocenters. The van der Waals surface area contributed by atoms with Crippen LogP contribution in [0.4, 0.5) is 0 Å². The second-order valence-corrected chi connectivity index (χ2v) is 3.89. The van der Waals surface area contributed by atoms with Gasteiger partial charge >= 0.3 is 5.97 Å². The van der Waals surface area contributed by atoms with Crippen molar-refractivity contribution in [1.29, 1.82) is 0 Å². The zero-order valence-electron chi connectivity index (χ0n) is 9.93. The summed E-state index contributed by atoms with van der Waals surface area (Å²) in [4.78, 5) is 35.2. The number of esters is 1. The van der Waals surface area contributed by atoms with Gasteiger partial charge in [0, 0.05) is 16.7 Å². The normalized spacial score (nSPS) is 13.9. The lowest BCUT2D eigenvalue weighted by Crippen LogP contribution is -2.19. The zero-order chi connectivity index (χ0) is 13.1. The number of hydrogen-bond acceptors (Lipinski definition) is 4. The quantitative estimate of drug-likeness (QED) is 0.762. The van der Waals surface area contributed by atoms with Gasteiger partial charge in [-0.25, -0.2) is 0 Å². The fourth-order valence-electron chi connectivity index (χ4n) is 1.87. The molecule has 0 radical (unpaired) electrons. The minimum Gasteiger partial charge on any atom is -0.466 e. The molecule has 2 rings (SSSR count). The minimum atomic E-state index is -0.496. The van der Waals surface area contributed by atoms with Crippen LogP contribution in [0.2, 0.25) is 0 Å². The second-order valence-electron chi connectivity index (χ2n) is 3.89. The molecule has 0 amide bonds. The minimum absolute atomic E-state index is 0.160. The lowest BCUT2D eigenvalue weighted by Gasteiger charge is -2.14. The number of ketones is 2. The first-order chi connectivity index (χ1) is 8.63. The highest BCUT2D eigenvalue weighted by atomic mass is 16.5. The number of carbonyl (C=O) groups excluding carboxylic acids is 3. The first-order valence-electron chi connectivity index (χ1n) is 5.67. The van der Waals surface area contributed by atoms with Crippen molar-refractivity contribution in [2.45, 2.75) is 13.3 Å². The number of fused-ring (bicyclic) bond motifs is 1. The predicted molar refractivity (Wildman–Crippen MR) is 64.4 cm³/mol. The Bertz CT molecular complexity index is 555. The van der Waals surface area contributed by atoms with Crippen LogP contribution in [-0.2, 0) is 9.53 Å². The van der Waals surface area contributed by atoms with Gasteiger partial charge in [0.2, 0.25) is 0 Å². The Morgan fingerprint density at radius 3 is 2.50 bits per heavy atom. The molecule has 0 bridgehead atoms. The lowest BCUT2D eigenvalue weighted by atomic mass is 9.88. The largest absolute Gasteiger partial charge is 0.466 e. The highest BCUT2D eigenvalue weighted by Gasteiger charge is 2.26. The summed E-state index contributed by atoms with van der Waals surface area (Å²) in [6.07, 6.45) is 1.06. The molecular weight excluding hydrogens is 232 g/mol. The van der Waals surface area contributed by atoms with Gasteiger partial charge in [-0.2, -0.15) is 0 Å². The predicted octanol–water partition coefficient (Wildman–Crippen LogP) is 1.95. The Hall–Kier alpha value is -2.23. The highest BCUT2D eigenvalue weighted by Crippen LogP contribution is 2.23. The molecule has 0 aliphatic heterocycles. The molecule has 4 nitrogen and oxygen atoms in total. The van der Waals surface area contributed by atoms with E-state index in [1.807, 2.05) is 0 Å². The summed E-state index contributed by atoms with van der Waals surface area (Å²) in [5.74, 6) is -1.02. The van der Waals surface area contributed by atoms with Crippen molar-refractivity contribution in [2.75, 3.05) is 6.61 Å². The molecule has 0 saturated carbocycles. The molecule has 0 saturated heterocycles. The summed E-state index contributed by atoms with van der Waals surface area (Å²) in [5, 5.41) is 0. The van der Waals surface area contributed by atoms with Crippen LogP contribution in [0, 0.1) is 0 Å². The van der Waals surface area contributed by atoms with E-state index in [9.17, 15) is 14.4 Å².